The van der Waals surface area contributed by atoms with Crippen molar-refractivity contribution in [2.45, 2.75) is 51.1 Å². The highest BCUT2D eigenvalue weighted by atomic mass is 19.1. The van der Waals surface area contributed by atoms with Gasteiger partial charge < -0.3 is 15.2 Å². The van der Waals surface area contributed by atoms with Crippen molar-refractivity contribution in [1.82, 2.24) is 25.1 Å². The Morgan fingerprint density at radius 2 is 1.83 bits per heavy atom. The van der Waals surface area contributed by atoms with E-state index in [1.165, 1.54) is 37.8 Å². The number of nitrogens with one attached hydrogen (secondary N) is 2. The van der Waals surface area contributed by atoms with Gasteiger partial charge >= 0.3 is 0 Å². The molecule has 2 amide bonds. The van der Waals surface area contributed by atoms with E-state index in [1.807, 2.05) is 17.9 Å². The fourth-order valence-corrected chi connectivity index (χ4v) is 5.35. The van der Waals surface area contributed by atoms with Crippen molar-refractivity contribution in [2.24, 2.45) is 0 Å². The molecule has 0 radical (unpaired) electrons. The molecule has 3 aromatic rings. The molecule has 7 nitrogen and oxygen atoms in total. The molecule has 0 spiro atoms. The Morgan fingerprint density at radius 1 is 1.11 bits per heavy atom. The lowest BCUT2D eigenvalue weighted by molar-refractivity contribution is -0.135. The number of aryl methyl sites for hydroxylation is 1. The average Bonchev–Trinajstić information content (AvgIpc) is 3.55. The number of pyridine rings is 1. The maximum atomic E-state index is 13.6. The Bertz CT molecular complexity index is 1190. The maximum absolute atomic E-state index is 13.6. The van der Waals surface area contributed by atoms with E-state index in [0.717, 1.165) is 35.2 Å². The van der Waals surface area contributed by atoms with Crippen LogP contribution < -0.4 is 5.32 Å². The van der Waals surface area contributed by atoms with Crippen molar-refractivity contribution in [2.75, 3.05) is 26.2 Å². The quantitative estimate of drug-likeness (QED) is 0.570. The van der Waals surface area contributed by atoms with Crippen LogP contribution in [0, 0.1) is 12.7 Å². The first-order valence-corrected chi connectivity index (χ1v) is 12.5. The number of amides is 2. The standard InChI is InChI=1S/C27H32FN5O2/c1-18-14-20-16-23(30-25(20)17-29-18)26(34)31-24(15-19-6-8-21(28)9-7-19)27(35)33-12-10-32(11-13-33)22-4-2-3-5-22/h6-9,14,16-17,22,24,30H,2-5,10-13,15H2,1H3,(H,31,34)/t24-/m0/s1. The molecule has 1 atom stereocenters. The van der Waals surface area contributed by atoms with Crippen LogP contribution in [0.15, 0.2) is 42.6 Å². The highest BCUT2D eigenvalue weighted by molar-refractivity contribution is 6.00. The van der Waals surface area contributed by atoms with Crippen molar-refractivity contribution in [3.05, 3.63) is 65.4 Å². The van der Waals surface area contributed by atoms with Gasteiger partial charge in [0, 0.05) is 49.7 Å². The molecule has 3 heterocycles. The Kier molecular flexibility index (Phi) is 6.81. The summed E-state index contributed by atoms with van der Waals surface area (Å²) < 4.78 is 13.4. The molecule has 1 saturated carbocycles. The monoisotopic (exact) mass is 477 g/mol. The molecule has 5 rings (SSSR count). The van der Waals surface area contributed by atoms with E-state index in [-0.39, 0.29) is 17.6 Å². The van der Waals surface area contributed by atoms with Gasteiger partial charge in [-0.2, -0.15) is 0 Å². The van der Waals surface area contributed by atoms with Crippen LogP contribution in [0.3, 0.4) is 0 Å². The third-order valence-electron chi connectivity index (χ3n) is 7.31. The number of carbonyl (C=O) groups excluding carboxylic acids is 2. The lowest BCUT2D eigenvalue weighted by atomic mass is 10.0. The predicted molar refractivity (Wildman–Crippen MR) is 133 cm³/mol. The molecule has 0 unspecified atom stereocenters. The number of piperazine rings is 1. The number of aromatic nitrogens is 2. The Hall–Kier alpha value is -3.26. The normalized spacial score (nSPS) is 18.2. The summed E-state index contributed by atoms with van der Waals surface area (Å²) in [5.41, 5.74) is 2.82. The van der Waals surface area contributed by atoms with Crippen molar-refractivity contribution in [3.8, 4) is 0 Å². The van der Waals surface area contributed by atoms with E-state index in [1.54, 1.807) is 24.4 Å². The van der Waals surface area contributed by atoms with Crippen molar-refractivity contribution in [3.63, 3.8) is 0 Å². The largest absolute Gasteiger partial charge is 0.349 e. The molecular weight excluding hydrogens is 445 g/mol. The van der Waals surface area contributed by atoms with Crippen LogP contribution in [-0.4, -0.2) is 69.8 Å². The van der Waals surface area contributed by atoms with E-state index in [4.69, 9.17) is 0 Å². The zero-order valence-corrected chi connectivity index (χ0v) is 20.1. The van der Waals surface area contributed by atoms with Gasteiger partial charge in [0.25, 0.3) is 5.91 Å². The number of benzene rings is 1. The number of H-pyrrole nitrogens is 1. The molecule has 184 valence electrons. The molecule has 35 heavy (non-hydrogen) atoms. The van der Waals surface area contributed by atoms with E-state index < -0.39 is 6.04 Å². The fourth-order valence-electron chi connectivity index (χ4n) is 5.35. The molecule has 8 heteroatoms. The highest BCUT2D eigenvalue weighted by Gasteiger charge is 2.32. The second kappa shape index (κ2) is 10.2. The van der Waals surface area contributed by atoms with Crippen LogP contribution in [-0.2, 0) is 11.2 Å². The maximum Gasteiger partial charge on any atom is 0.268 e. The first-order chi connectivity index (χ1) is 17.0. The van der Waals surface area contributed by atoms with Crippen LogP contribution in [0.1, 0.15) is 47.4 Å². The smallest absolute Gasteiger partial charge is 0.268 e. The second-order valence-electron chi connectivity index (χ2n) is 9.75. The van der Waals surface area contributed by atoms with Crippen LogP contribution in [0.4, 0.5) is 4.39 Å². The molecule has 2 fully saturated rings. The van der Waals surface area contributed by atoms with E-state index in [2.05, 4.69) is 20.2 Å². The van der Waals surface area contributed by atoms with E-state index >= 15 is 0 Å². The minimum atomic E-state index is -0.739. The summed E-state index contributed by atoms with van der Waals surface area (Å²) >= 11 is 0. The number of hydrogen-bond acceptors (Lipinski definition) is 4. The van der Waals surface area contributed by atoms with Crippen molar-refractivity contribution in [1.29, 1.82) is 0 Å². The lowest BCUT2D eigenvalue weighted by Crippen LogP contribution is -2.56. The average molecular weight is 478 g/mol. The van der Waals surface area contributed by atoms with Crippen LogP contribution in [0.5, 0.6) is 0 Å². The van der Waals surface area contributed by atoms with Crippen LogP contribution in [0.2, 0.25) is 0 Å². The SMILES string of the molecule is Cc1cc2cc(C(=O)N[C@@H](Cc3ccc(F)cc3)C(=O)N3CCN(C4CCCC4)CC3)[nH]c2cn1. The summed E-state index contributed by atoms with van der Waals surface area (Å²) in [6.45, 7) is 4.94. The molecule has 2 aromatic heterocycles. The first kappa shape index (κ1) is 23.5. The summed E-state index contributed by atoms with van der Waals surface area (Å²) in [6, 6.07) is 9.68. The van der Waals surface area contributed by atoms with Crippen molar-refractivity contribution < 1.29 is 14.0 Å². The number of halogens is 1. The third kappa shape index (κ3) is 5.37. The molecule has 1 aliphatic heterocycles. The molecule has 2 N–H and O–H groups in total. The molecule has 0 bridgehead atoms. The van der Waals surface area contributed by atoms with E-state index in [0.29, 0.717) is 31.2 Å². The van der Waals surface area contributed by atoms with E-state index in [9.17, 15) is 14.0 Å². The summed E-state index contributed by atoms with van der Waals surface area (Å²) in [4.78, 5) is 38.5. The Morgan fingerprint density at radius 3 is 2.54 bits per heavy atom. The zero-order chi connectivity index (χ0) is 24.4. The highest BCUT2D eigenvalue weighted by Crippen LogP contribution is 2.24. The first-order valence-electron chi connectivity index (χ1n) is 12.5. The van der Waals surface area contributed by atoms with Crippen LogP contribution >= 0.6 is 0 Å². The number of hydrogen-bond donors (Lipinski definition) is 2. The number of nitrogens with zero attached hydrogens (tertiary/aromatic N) is 3. The van der Waals surface area contributed by atoms with Gasteiger partial charge in [-0.25, -0.2) is 4.39 Å². The number of carbonyl (C=O) groups is 2. The fraction of sp³-hybridized carbons (Fsp3) is 0.444. The minimum Gasteiger partial charge on any atom is -0.349 e. The summed E-state index contributed by atoms with van der Waals surface area (Å²) in [6.07, 6.45) is 7.08. The summed E-state index contributed by atoms with van der Waals surface area (Å²) in [5, 5.41) is 3.84. The molecule has 2 aliphatic rings. The Balaban J connectivity index is 1.31. The summed E-state index contributed by atoms with van der Waals surface area (Å²) in [7, 11) is 0. The molecule has 1 saturated heterocycles. The second-order valence-corrected chi connectivity index (χ2v) is 9.75. The number of rotatable bonds is 6. The molecule has 1 aromatic carbocycles. The zero-order valence-electron chi connectivity index (χ0n) is 20.1. The predicted octanol–water partition coefficient (Wildman–Crippen LogP) is 3.44. The van der Waals surface area contributed by atoms with Gasteiger partial charge in [0.05, 0.1) is 11.7 Å². The summed E-state index contributed by atoms with van der Waals surface area (Å²) in [5.74, 6) is -0.767. The lowest BCUT2D eigenvalue weighted by Gasteiger charge is -2.39. The number of aromatic amines is 1. The molecular formula is C27H32FN5O2. The van der Waals surface area contributed by atoms with Gasteiger partial charge in [-0.15, -0.1) is 0 Å². The van der Waals surface area contributed by atoms with Gasteiger partial charge in [0.15, 0.2) is 0 Å². The topological polar surface area (TPSA) is 81.3 Å². The number of fused-ring (bicyclic) bond motifs is 1. The minimum absolute atomic E-state index is 0.0950. The van der Waals surface area contributed by atoms with Gasteiger partial charge in [-0.1, -0.05) is 25.0 Å². The third-order valence-corrected chi connectivity index (χ3v) is 7.31. The van der Waals surface area contributed by atoms with Gasteiger partial charge in [-0.3, -0.25) is 19.5 Å². The van der Waals surface area contributed by atoms with Gasteiger partial charge in [-0.05, 0) is 49.6 Å². The van der Waals surface area contributed by atoms with Gasteiger partial charge in [0.2, 0.25) is 5.91 Å². The van der Waals surface area contributed by atoms with Crippen LogP contribution in [0.25, 0.3) is 10.9 Å². The van der Waals surface area contributed by atoms with Gasteiger partial charge in [0.1, 0.15) is 17.6 Å². The molecule has 1 aliphatic carbocycles. The Labute approximate surface area is 204 Å². The van der Waals surface area contributed by atoms with Crippen molar-refractivity contribution >= 4 is 22.7 Å².